The van der Waals surface area contributed by atoms with E-state index in [0.717, 1.165) is 28.4 Å². The van der Waals surface area contributed by atoms with E-state index in [0.29, 0.717) is 0 Å². The number of unbranched alkanes of at least 4 members (excludes halogenated alkanes) is 3. The number of aliphatic hydroxyl groups is 1. The molecular weight excluding hydrogens is 264 g/mol. The fraction of sp³-hybridized carbons (Fsp3) is 0.571. The molecule has 0 heterocycles. The first kappa shape index (κ1) is 13.7. The van der Waals surface area contributed by atoms with Crippen LogP contribution in [0.4, 0.5) is 0 Å². The molecule has 1 atom stereocenters. The SMILES string of the molecule is CCCCCCC(O)c1ccc(Br)cc1C. The molecule has 1 aromatic carbocycles. The van der Waals surface area contributed by atoms with E-state index in [1.807, 2.05) is 12.1 Å². The van der Waals surface area contributed by atoms with Crippen LogP contribution in [0.2, 0.25) is 0 Å². The Morgan fingerprint density at radius 1 is 1.25 bits per heavy atom. The fourth-order valence-electron chi connectivity index (χ4n) is 1.93. The van der Waals surface area contributed by atoms with Crippen molar-refractivity contribution in [2.24, 2.45) is 0 Å². The van der Waals surface area contributed by atoms with Gasteiger partial charge >= 0.3 is 0 Å². The predicted molar refractivity (Wildman–Crippen MR) is 72.6 cm³/mol. The van der Waals surface area contributed by atoms with E-state index in [2.05, 4.69) is 35.8 Å². The third-order valence-corrected chi connectivity index (χ3v) is 3.42. The molecule has 1 nitrogen and oxygen atoms in total. The molecule has 0 aromatic heterocycles. The van der Waals surface area contributed by atoms with Crippen molar-refractivity contribution in [1.82, 2.24) is 0 Å². The average Bonchev–Trinajstić information content (AvgIpc) is 2.24. The highest BCUT2D eigenvalue weighted by molar-refractivity contribution is 9.10. The van der Waals surface area contributed by atoms with Gasteiger partial charge in [0.05, 0.1) is 6.10 Å². The Labute approximate surface area is 107 Å². The van der Waals surface area contributed by atoms with Gasteiger partial charge in [-0.05, 0) is 36.6 Å². The van der Waals surface area contributed by atoms with Crippen molar-refractivity contribution in [2.45, 2.75) is 52.1 Å². The quantitative estimate of drug-likeness (QED) is 0.747. The molecule has 90 valence electrons. The lowest BCUT2D eigenvalue weighted by Gasteiger charge is -2.13. The first-order valence-corrected chi connectivity index (χ1v) is 6.88. The van der Waals surface area contributed by atoms with Gasteiger partial charge in [0.1, 0.15) is 0 Å². The van der Waals surface area contributed by atoms with Gasteiger partial charge < -0.3 is 5.11 Å². The topological polar surface area (TPSA) is 20.2 Å². The van der Waals surface area contributed by atoms with E-state index in [-0.39, 0.29) is 6.10 Å². The molecule has 0 aliphatic rings. The summed E-state index contributed by atoms with van der Waals surface area (Å²) in [5.41, 5.74) is 2.23. The van der Waals surface area contributed by atoms with Gasteiger partial charge in [-0.3, -0.25) is 0 Å². The van der Waals surface area contributed by atoms with E-state index in [9.17, 15) is 5.11 Å². The highest BCUT2D eigenvalue weighted by Crippen LogP contribution is 2.25. The van der Waals surface area contributed by atoms with E-state index in [4.69, 9.17) is 0 Å². The molecular formula is C14H21BrO. The molecule has 2 heteroatoms. The van der Waals surface area contributed by atoms with E-state index >= 15 is 0 Å². The normalized spacial score (nSPS) is 12.8. The minimum absolute atomic E-state index is 0.301. The van der Waals surface area contributed by atoms with Gasteiger partial charge in [0.2, 0.25) is 0 Å². The van der Waals surface area contributed by atoms with Crippen molar-refractivity contribution in [3.8, 4) is 0 Å². The molecule has 1 N–H and O–H groups in total. The maximum Gasteiger partial charge on any atom is 0.0792 e. The smallest absolute Gasteiger partial charge is 0.0792 e. The van der Waals surface area contributed by atoms with Crippen LogP contribution in [0.3, 0.4) is 0 Å². The number of rotatable bonds is 6. The summed E-state index contributed by atoms with van der Waals surface area (Å²) in [7, 11) is 0. The number of halogens is 1. The fourth-order valence-corrected chi connectivity index (χ4v) is 2.41. The number of aliphatic hydroxyl groups excluding tert-OH is 1. The minimum atomic E-state index is -0.301. The third kappa shape index (κ3) is 4.26. The summed E-state index contributed by atoms with van der Waals surface area (Å²) >= 11 is 3.44. The molecule has 0 amide bonds. The zero-order valence-corrected chi connectivity index (χ0v) is 11.8. The molecule has 0 aliphatic carbocycles. The van der Waals surface area contributed by atoms with E-state index in [1.165, 1.54) is 19.3 Å². The number of aryl methyl sites for hydroxylation is 1. The maximum atomic E-state index is 10.1. The van der Waals surface area contributed by atoms with Crippen LogP contribution >= 0.6 is 15.9 Å². The van der Waals surface area contributed by atoms with Gasteiger partial charge in [-0.15, -0.1) is 0 Å². The Morgan fingerprint density at radius 3 is 2.62 bits per heavy atom. The van der Waals surface area contributed by atoms with E-state index < -0.39 is 0 Å². The molecule has 0 aliphatic heterocycles. The summed E-state index contributed by atoms with van der Waals surface area (Å²) in [6.07, 6.45) is 5.43. The van der Waals surface area contributed by atoms with Crippen LogP contribution < -0.4 is 0 Å². The van der Waals surface area contributed by atoms with Crippen LogP contribution in [0.25, 0.3) is 0 Å². The first-order valence-electron chi connectivity index (χ1n) is 6.09. The second-order valence-electron chi connectivity index (χ2n) is 4.37. The van der Waals surface area contributed by atoms with Crippen LogP contribution in [0.5, 0.6) is 0 Å². The standard InChI is InChI=1S/C14H21BrO/c1-3-4-5-6-7-14(16)13-9-8-12(15)10-11(13)2/h8-10,14,16H,3-7H2,1-2H3. The molecule has 1 unspecified atom stereocenters. The molecule has 0 saturated carbocycles. The Morgan fingerprint density at radius 2 is 2.00 bits per heavy atom. The molecule has 1 rings (SSSR count). The zero-order chi connectivity index (χ0) is 12.0. The minimum Gasteiger partial charge on any atom is -0.388 e. The van der Waals surface area contributed by atoms with Gasteiger partial charge in [-0.1, -0.05) is 54.6 Å². The largest absolute Gasteiger partial charge is 0.388 e. The van der Waals surface area contributed by atoms with Gasteiger partial charge in [0.15, 0.2) is 0 Å². The van der Waals surface area contributed by atoms with Crippen LogP contribution in [-0.2, 0) is 0 Å². The molecule has 16 heavy (non-hydrogen) atoms. The Bertz CT molecular complexity index is 323. The van der Waals surface area contributed by atoms with Crippen LogP contribution in [0, 0.1) is 6.92 Å². The summed E-state index contributed by atoms with van der Waals surface area (Å²) in [5.74, 6) is 0. The predicted octanol–water partition coefficient (Wildman–Crippen LogP) is 4.76. The number of benzene rings is 1. The summed E-state index contributed by atoms with van der Waals surface area (Å²) in [4.78, 5) is 0. The van der Waals surface area contributed by atoms with E-state index in [1.54, 1.807) is 0 Å². The summed E-state index contributed by atoms with van der Waals surface area (Å²) in [6.45, 7) is 4.25. The molecule has 0 bridgehead atoms. The summed E-state index contributed by atoms with van der Waals surface area (Å²) < 4.78 is 1.08. The van der Waals surface area contributed by atoms with Crippen molar-refractivity contribution < 1.29 is 5.11 Å². The number of hydrogen-bond acceptors (Lipinski definition) is 1. The molecule has 0 radical (unpaired) electrons. The summed E-state index contributed by atoms with van der Waals surface area (Å²) in [5, 5.41) is 10.1. The molecule has 0 saturated heterocycles. The van der Waals surface area contributed by atoms with Crippen molar-refractivity contribution >= 4 is 15.9 Å². The average molecular weight is 285 g/mol. The molecule has 0 fully saturated rings. The monoisotopic (exact) mass is 284 g/mol. The van der Waals surface area contributed by atoms with Crippen molar-refractivity contribution in [3.05, 3.63) is 33.8 Å². The lowest BCUT2D eigenvalue weighted by Crippen LogP contribution is -2.00. The zero-order valence-electron chi connectivity index (χ0n) is 10.2. The van der Waals surface area contributed by atoms with Crippen LogP contribution in [0.15, 0.2) is 22.7 Å². The maximum absolute atomic E-state index is 10.1. The Hall–Kier alpha value is -0.340. The second kappa shape index (κ2) is 7.08. The number of hydrogen-bond donors (Lipinski definition) is 1. The van der Waals surface area contributed by atoms with Gasteiger partial charge in [0, 0.05) is 4.47 Å². The lowest BCUT2D eigenvalue weighted by atomic mass is 9.99. The van der Waals surface area contributed by atoms with Gasteiger partial charge in [-0.25, -0.2) is 0 Å². The van der Waals surface area contributed by atoms with Gasteiger partial charge in [-0.2, -0.15) is 0 Å². The Kier molecular flexibility index (Phi) is 6.07. The second-order valence-corrected chi connectivity index (χ2v) is 5.28. The third-order valence-electron chi connectivity index (χ3n) is 2.92. The van der Waals surface area contributed by atoms with Crippen molar-refractivity contribution in [3.63, 3.8) is 0 Å². The molecule has 0 spiro atoms. The lowest BCUT2D eigenvalue weighted by molar-refractivity contribution is 0.162. The molecule has 1 aromatic rings. The first-order chi connectivity index (χ1) is 7.65. The van der Waals surface area contributed by atoms with Gasteiger partial charge in [0.25, 0.3) is 0 Å². The van der Waals surface area contributed by atoms with Crippen LogP contribution in [-0.4, -0.2) is 5.11 Å². The van der Waals surface area contributed by atoms with Crippen molar-refractivity contribution in [1.29, 1.82) is 0 Å². The summed E-state index contributed by atoms with van der Waals surface area (Å²) in [6, 6.07) is 6.08. The van der Waals surface area contributed by atoms with Crippen molar-refractivity contribution in [2.75, 3.05) is 0 Å². The van der Waals surface area contributed by atoms with Crippen LogP contribution in [0.1, 0.15) is 56.3 Å². The highest BCUT2D eigenvalue weighted by atomic mass is 79.9. The Balaban J connectivity index is 2.49. The highest BCUT2D eigenvalue weighted by Gasteiger charge is 2.09.